The normalized spacial score (nSPS) is 20.1. The molecule has 0 radical (unpaired) electrons. The third-order valence-corrected chi connectivity index (χ3v) is 8.99. The van der Waals surface area contributed by atoms with Crippen molar-refractivity contribution in [2.75, 3.05) is 26.7 Å². The lowest BCUT2D eigenvalue weighted by atomic mass is 10.0. The number of hydrogen-bond donors (Lipinski definition) is 9. The van der Waals surface area contributed by atoms with Gasteiger partial charge in [0, 0.05) is 33.0 Å². The number of nitrogens with zero attached hydrogens (tertiary/aromatic N) is 3. The highest BCUT2D eigenvalue weighted by molar-refractivity contribution is 5.97. The summed E-state index contributed by atoms with van der Waals surface area (Å²) in [6.07, 6.45) is 0.804. The Morgan fingerprint density at radius 1 is 0.685 bits per heavy atom. The van der Waals surface area contributed by atoms with E-state index < -0.39 is 60.2 Å². The zero-order chi connectivity index (χ0) is 39.2. The van der Waals surface area contributed by atoms with Crippen molar-refractivity contribution in [3.8, 4) is 5.75 Å². The minimum atomic E-state index is -1.18. The molecule has 0 bridgehead atoms. The minimum Gasteiger partial charge on any atom is -0.508 e. The van der Waals surface area contributed by atoms with Gasteiger partial charge in [-0.1, -0.05) is 54.6 Å². The van der Waals surface area contributed by atoms with Gasteiger partial charge in [-0.3, -0.25) is 34.0 Å². The van der Waals surface area contributed by atoms with Crippen LogP contribution in [0.25, 0.3) is 10.8 Å². The number of phenols is 1. The Morgan fingerprint density at radius 2 is 1.22 bits per heavy atom. The van der Waals surface area contributed by atoms with Crippen LogP contribution in [0.5, 0.6) is 5.75 Å². The van der Waals surface area contributed by atoms with Gasteiger partial charge in [0.2, 0.25) is 29.5 Å². The lowest BCUT2D eigenvalue weighted by Gasteiger charge is -2.30. The van der Waals surface area contributed by atoms with E-state index in [1.807, 2.05) is 42.5 Å². The van der Waals surface area contributed by atoms with Crippen molar-refractivity contribution >= 4 is 52.2 Å². The Morgan fingerprint density at radius 3 is 1.81 bits per heavy atom. The number of carbonyl (C=O) groups excluding carboxylic acids is 5. The zero-order valence-electron chi connectivity index (χ0n) is 30.2. The number of nitrogens with two attached hydrogens (primary N) is 4. The highest BCUT2D eigenvalue weighted by Crippen LogP contribution is 2.18. The third kappa shape index (κ3) is 12.1. The molecule has 288 valence electrons. The second-order valence-corrected chi connectivity index (χ2v) is 13.1. The molecule has 17 heteroatoms. The second-order valence-electron chi connectivity index (χ2n) is 13.1. The summed E-state index contributed by atoms with van der Waals surface area (Å²) in [5.41, 5.74) is 23.3. The van der Waals surface area contributed by atoms with Gasteiger partial charge < -0.3 is 54.2 Å². The zero-order valence-corrected chi connectivity index (χ0v) is 30.2. The van der Waals surface area contributed by atoms with E-state index in [0.717, 1.165) is 16.3 Å². The molecule has 3 aromatic rings. The predicted octanol–water partition coefficient (Wildman–Crippen LogP) is -1.15. The van der Waals surface area contributed by atoms with E-state index >= 15 is 0 Å². The fourth-order valence-electron chi connectivity index (χ4n) is 6.01. The van der Waals surface area contributed by atoms with Gasteiger partial charge in [-0.15, -0.1) is 0 Å². The number of amides is 5. The van der Waals surface area contributed by atoms with E-state index in [0.29, 0.717) is 5.56 Å². The van der Waals surface area contributed by atoms with Gasteiger partial charge in [-0.05, 0) is 59.7 Å². The smallest absolute Gasteiger partial charge is 0.243 e. The van der Waals surface area contributed by atoms with E-state index in [-0.39, 0.29) is 69.3 Å². The van der Waals surface area contributed by atoms with Crippen molar-refractivity contribution in [2.24, 2.45) is 32.9 Å². The van der Waals surface area contributed by atoms with Gasteiger partial charge in [0.05, 0.1) is 6.54 Å². The molecule has 1 saturated heterocycles. The van der Waals surface area contributed by atoms with E-state index in [2.05, 4.69) is 31.3 Å². The van der Waals surface area contributed by atoms with Crippen molar-refractivity contribution in [3.05, 3.63) is 77.9 Å². The first-order valence-corrected chi connectivity index (χ1v) is 17.6. The molecule has 0 unspecified atom stereocenters. The summed E-state index contributed by atoms with van der Waals surface area (Å²) in [5, 5.41) is 22.7. The van der Waals surface area contributed by atoms with Crippen LogP contribution in [-0.2, 0) is 36.8 Å². The number of benzene rings is 3. The molecular weight excluding hydrogens is 694 g/mol. The maximum absolute atomic E-state index is 14.0. The molecule has 5 amide bonds. The lowest BCUT2D eigenvalue weighted by Crippen LogP contribution is -2.58. The van der Waals surface area contributed by atoms with Crippen LogP contribution in [-0.4, -0.2) is 102 Å². The van der Waals surface area contributed by atoms with Gasteiger partial charge in [0.15, 0.2) is 11.9 Å². The quantitative estimate of drug-likeness (QED) is 0.0610. The number of rotatable bonds is 12. The molecule has 13 N–H and O–H groups in total. The van der Waals surface area contributed by atoms with E-state index in [9.17, 15) is 29.1 Å². The number of aromatic hydroxyl groups is 1. The van der Waals surface area contributed by atoms with Gasteiger partial charge in [-0.2, -0.15) is 0 Å². The number of fused-ring (bicyclic) bond motifs is 1. The first kappa shape index (κ1) is 40.4. The average Bonchev–Trinajstić information content (AvgIpc) is 3.14. The molecular formula is C37H49N11O6. The number of aliphatic imine (C=N–C) groups is 2. The molecule has 4 rings (SSSR count). The monoisotopic (exact) mass is 743 g/mol. The van der Waals surface area contributed by atoms with Crippen molar-refractivity contribution in [3.63, 3.8) is 0 Å². The molecule has 0 saturated carbocycles. The summed E-state index contributed by atoms with van der Waals surface area (Å²) in [6.45, 7) is -0.168. The third-order valence-electron chi connectivity index (χ3n) is 8.99. The van der Waals surface area contributed by atoms with Gasteiger partial charge in [0.1, 0.15) is 29.9 Å². The van der Waals surface area contributed by atoms with Gasteiger partial charge >= 0.3 is 0 Å². The molecule has 3 aromatic carbocycles. The molecule has 1 aliphatic rings. The highest BCUT2D eigenvalue weighted by atomic mass is 16.3. The second kappa shape index (κ2) is 19.4. The molecule has 1 aliphatic heterocycles. The average molecular weight is 744 g/mol. The van der Waals surface area contributed by atoms with Crippen molar-refractivity contribution < 1.29 is 29.1 Å². The molecule has 0 spiro atoms. The molecule has 4 atom stereocenters. The Kier molecular flexibility index (Phi) is 14.5. The maximum Gasteiger partial charge on any atom is 0.243 e. The van der Waals surface area contributed by atoms with Crippen LogP contribution in [0.2, 0.25) is 0 Å². The number of hydrogen-bond acceptors (Lipinski definition) is 8. The fraction of sp³-hybridized carbons (Fsp3) is 0.378. The van der Waals surface area contributed by atoms with Gasteiger partial charge in [-0.25, -0.2) is 0 Å². The van der Waals surface area contributed by atoms with E-state index in [1.165, 1.54) is 24.1 Å². The summed E-state index contributed by atoms with van der Waals surface area (Å²) in [6, 6.07) is 14.9. The van der Waals surface area contributed by atoms with Crippen LogP contribution in [0, 0.1) is 0 Å². The molecule has 54 heavy (non-hydrogen) atoms. The maximum atomic E-state index is 14.0. The van der Waals surface area contributed by atoms with Crippen LogP contribution in [0.3, 0.4) is 0 Å². The lowest BCUT2D eigenvalue weighted by molar-refractivity contribution is -0.140. The molecule has 1 heterocycles. The minimum absolute atomic E-state index is 0.0166. The van der Waals surface area contributed by atoms with Crippen LogP contribution in [0.4, 0.5) is 0 Å². The highest BCUT2D eigenvalue weighted by Gasteiger charge is 2.34. The first-order chi connectivity index (χ1) is 25.8. The number of nitrogens with one attached hydrogen (secondary N) is 4. The largest absolute Gasteiger partial charge is 0.508 e. The Balaban J connectivity index is 1.71. The topological polar surface area (TPSA) is 286 Å². The summed E-state index contributed by atoms with van der Waals surface area (Å²) < 4.78 is 0. The van der Waals surface area contributed by atoms with Crippen molar-refractivity contribution in [1.29, 1.82) is 0 Å². The van der Waals surface area contributed by atoms with Crippen LogP contribution in [0.1, 0.15) is 36.8 Å². The predicted molar refractivity (Wildman–Crippen MR) is 205 cm³/mol. The molecule has 0 aliphatic carbocycles. The summed E-state index contributed by atoms with van der Waals surface area (Å²) >= 11 is 0. The van der Waals surface area contributed by atoms with Crippen LogP contribution >= 0.6 is 0 Å². The molecule has 17 nitrogen and oxygen atoms in total. The van der Waals surface area contributed by atoms with Gasteiger partial charge in [0.25, 0.3) is 0 Å². The Hall–Kier alpha value is -6.39. The summed E-state index contributed by atoms with van der Waals surface area (Å²) in [5.74, 6) is -3.51. The molecule has 0 aromatic heterocycles. The number of phenolic OH excluding ortho intramolecular Hbond substituents is 1. The summed E-state index contributed by atoms with van der Waals surface area (Å²) in [4.78, 5) is 78.5. The van der Waals surface area contributed by atoms with Crippen LogP contribution < -0.4 is 44.2 Å². The number of carbonyl (C=O) groups is 5. The van der Waals surface area contributed by atoms with Crippen molar-refractivity contribution in [1.82, 2.24) is 26.2 Å². The Bertz CT molecular complexity index is 1860. The van der Waals surface area contributed by atoms with E-state index in [4.69, 9.17) is 22.9 Å². The van der Waals surface area contributed by atoms with E-state index in [1.54, 1.807) is 12.1 Å². The number of guanidine groups is 2. The Labute approximate surface area is 313 Å². The molecule has 1 fully saturated rings. The number of likely N-dealkylation sites (N-methyl/N-ethyl adjacent to an activating group) is 1. The van der Waals surface area contributed by atoms with Crippen LogP contribution in [0.15, 0.2) is 76.7 Å². The van der Waals surface area contributed by atoms with Crippen molar-refractivity contribution in [2.45, 2.75) is 62.7 Å². The SMILES string of the molecule is CN1C(=O)CNC(=O)[C@H](Cc2ccc3ccccc3c2)NC(=O)[C@H](CCCN=C(N)N)NC(=O)[C@H](CCCN=C(N)N)NC(=O)[C@H]1Cc1ccc(O)cc1. The fourth-order valence-corrected chi connectivity index (χ4v) is 6.01. The summed E-state index contributed by atoms with van der Waals surface area (Å²) in [7, 11) is 1.42. The standard InChI is InChI=1S/C37H49N11O6/c1-48-30(20-22-11-14-26(49)15-12-22)35(54)46-28(9-5-17-43-37(40)41)33(52)45-27(8-4-16-42-36(38)39)34(53)47-29(32(51)44-21-31(48)50)19-23-10-13-24-6-2-3-7-25(24)18-23/h2-3,6-7,10-15,18,27-30,49H,4-5,8-9,16-17,19-21H2,1H3,(H,44,51)(H,45,52)(H,46,54)(H,47,53)(H4,38,39,42)(H4,40,41,43)/t27-,28-,29-,30+/m0/s1. The first-order valence-electron chi connectivity index (χ1n) is 17.6.